The summed E-state index contributed by atoms with van der Waals surface area (Å²) in [5, 5.41) is 4.92. The number of esters is 2. The van der Waals surface area contributed by atoms with Gasteiger partial charge in [-0.2, -0.15) is 0 Å². The molecule has 0 aliphatic rings. The van der Waals surface area contributed by atoms with Crippen LogP contribution in [0.1, 0.15) is 26.3 Å². The second-order valence-corrected chi connectivity index (χ2v) is 5.88. The molecular formula is C16H21BrN2O5. The third kappa shape index (κ3) is 5.52. The Bertz CT molecular complexity index is 591. The van der Waals surface area contributed by atoms with E-state index in [0.29, 0.717) is 5.56 Å². The summed E-state index contributed by atoms with van der Waals surface area (Å²) in [5.74, 6) is -1.16. The first kappa shape index (κ1) is 20.0. The van der Waals surface area contributed by atoms with Gasteiger partial charge in [0.1, 0.15) is 6.54 Å². The van der Waals surface area contributed by atoms with E-state index in [9.17, 15) is 14.4 Å². The van der Waals surface area contributed by atoms with Crippen LogP contribution in [0.5, 0.6) is 0 Å². The molecule has 7 nitrogen and oxygen atoms in total. The van der Waals surface area contributed by atoms with Crippen LogP contribution in [0.3, 0.4) is 0 Å². The van der Waals surface area contributed by atoms with Gasteiger partial charge in [-0.15, -0.1) is 0 Å². The normalized spacial score (nSPS) is 12.7. The molecule has 1 aromatic rings. The van der Waals surface area contributed by atoms with Gasteiger partial charge in [-0.05, 0) is 38.5 Å². The van der Waals surface area contributed by atoms with E-state index in [-0.39, 0.29) is 19.8 Å². The van der Waals surface area contributed by atoms with Gasteiger partial charge in [0.25, 0.3) is 0 Å². The van der Waals surface area contributed by atoms with Crippen molar-refractivity contribution in [1.82, 2.24) is 10.6 Å². The lowest BCUT2D eigenvalue weighted by Gasteiger charge is -2.29. The van der Waals surface area contributed by atoms with Crippen molar-refractivity contribution in [2.75, 3.05) is 19.8 Å². The smallest absolute Gasteiger partial charge is 0.336 e. The molecule has 0 saturated carbocycles. The Balaban J connectivity index is 2.90. The summed E-state index contributed by atoms with van der Waals surface area (Å²) in [6.45, 7) is 5.00. The molecule has 1 unspecified atom stereocenters. The van der Waals surface area contributed by atoms with Crippen LogP contribution in [0.15, 0.2) is 28.7 Å². The molecule has 0 radical (unpaired) electrons. The summed E-state index contributed by atoms with van der Waals surface area (Å²) in [4.78, 5) is 35.7. The molecule has 8 heteroatoms. The minimum Gasteiger partial charge on any atom is -0.465 e. The quantitative estimate of drug-likeness (QED) is 0.683. The molecule has 0 aliphatic heterocycles. The monoisotopic (exact) mass is 400 g/mol. The van der Waals surface area contributed by atoms with Crippen LogP contribution in [0.25, 0.3) is 0 Å². The second-order valence-electron chi connectivity index (χ2n) is 4.97. The van der Waals surface area contributed by atoms with Crippen LogP contribution in [-0.4, -0.2) is 37.7 Å². The minimum atomic E-state index is -1.39. The summed E-state index contributed by atoms with van der Waals surface area (Å²) < 4.78 is 10.6. The first-order chi connectivity index (χ1) is 11.3. The number of rotatable bonds is 7. The third-order valence-corrected chi connectivity index (χ3v) is 3.70. The number of carbonyl (C=O) groups is 3. The van der Waals surface area contributed by atoms with Crippen molar-refractivity contribution in [1.29, 1.82) is 0 Å². The summed E-state index contributed by atoms with van der Waals surface area (Å²) in [6.07, 6.45) is 0. The zero-order valence-corrected chi connectivity index (χ0v) is 15.4. The maximum absolute atomic E-state index is 12.4. The van der Waals surface area contributed by atoms with Gasteiger partial charge >= 0.3 is 18.0 Å². The van der Waals surface area contributed by atoms with Gasteiger partial charge in [0, 0.05) is 4.47 Å². The van der Waals surface area contributed by atoms with Crippen molar-refractivity contribution >= 4 is 33.9 Å². The van der Waals surface area contributed by atoms with E-state index in [0.717, 1.165) is 4.47 Å². The second kappa shape index (κ2) is 9.27. The van der Waals surface area contributed by atoms with E-state index < -0.39 is 23.5 Å². The molecule has 0 aromatic heterocycles. The van der Waals surface area contributed by atoms with Gasteiger partial charge in [0.2, 0.25) is 0 Å². The molecule has 132 valence electrons. The molecule has 0 bridgehead atoms. The van der Waals surface area contributed by atoms with Crippen molar-refractivity contribution < 1.29 is 23.9 Å². The fourth-order valence-corrected chi connectivity index (χ4v) is 2.20. The van der Waals surface area contributed by atoms with Crippen molar-refractivity contribution in [3.05, 3.63) is 34.3 Å². The fraction of sp³-hybridized carbons (Fsp3) is 0.438. The molecule has 0 heterocycles. The van der Waals surface area contributed by atoms with Gasteiger partial charge in [0.05, 0.1) is 13.2 Å². The van der Waals surface area contributed by atoms with Crippen LogP contribution < -0.4 is 10.6 Å². The number of amides is 2. The Kier molecular flexibility index (Phi) is 7.70. The molecule has 1 aromatic carbocycles. The van der Waals surface area contributed by atoms with E-state index >= 15 is 0 Å². The number of ether oxygens (including phenoxy) is 2. The Morgan fingerprint density at radius 2 is 1.67 bits per heavy atom. The predicted molar refractivity (Wildman–Crippen MR) is 91.3 cm³/mol. The Labute approximate surface area is 149 Å². The average Bonchev–Trinajstić information content (AvgIpc) is 2.54. The standard InChI is InChI=1S/C16H21BrN2O5/c1-4-23-13(20)10-18-15(22)19-16(3,14(21)24-5-2)11-6-8-12(17)9-7-11/h6-9H,4-5,10H2,1-3H3,(H2,18,19,22). The number of carbonyl (C=O) groups excluding carboxylic acids is 3. The van der Waals surface area contributed by atoms with Crippen molar-refractivity contribution in [3.63, 3.8) is 0 Å². The maximum atomic E-state index is 12.4. The Morgan fingerprint density at radius 3 is 2.21 bits per heavy atom. The van der Waals surface area contributed by atoms with Crippen LogP contribution in [0.2, 0.25) is 0 Å². The molecule has 24 heavy (non-hydrogen) atoms. The van der Waals surface area contributed by atoms with Gasteiger partial charge in [-0.3, -0.25) is 4.79 Å². The summed E-state index contributed by atoms with van der Waals surface area (Å²) >= 11 is 3.32. The first-order valence-electron chi connectivity index (χ1n) is 7.48. The zero-order valence-electron chi connectivity index (χ0n) is 13.8. The van der Waals surface area contributed by atoms with Crippen LogP contribution in [0.4, 0.5) is 4.79 Å². The topological polar surface area (TPSA) is 93.7 Å². The molecule has 2 amide bonds. The molecular weight excluding hydrogens is 380 g/mol. The maximum Gasteiger partial charge on any atom is 0.336 e. The molecule has 2 N–H and O–H groups in total. The van der Waals surface area contributed by atoms with Crippen molar-refractivity contribution in [2.24, 2.45) is 0 Å². The highest BCUT2D eigenvalue weighted by Crippen LogP contribution is 2.24. The number of hydrogen-bond acceptors (Lipinski definition) is 5. The summed E-state index contributed by atoms with van der Waals surface area (Å²) in [6, 6.07) is 6.23. The van der Waals surface area contributed by atoms with Gasteiger partial charge < -0.3 is 20.1 Å². The van der Waals surface area contributed by atoms with E-state index in [2.05, 4.69) is 26.6 Å². The SMILES string of the molecule is CCOC(=O)CNC(=O)NC(C)(C(=O)OCC)c1ccc(Br)cc1. The molecule has 1 rings (SSSR count). The van der Waals surface area contributed by atoms with Gasteiger partial charge in [-0.1, -0.05) is 28.1 Å². The molecule has 0 spiro atoms. The first-order valence-corrected chi connectivity index (χ1v) is 8.27. The number of hydrogen-bond donors (Lipinski definition) is 2. The number of halogens is 1. The number of benzene rings is 1. The molecule has 1 atom stereocenters. The molecule has 0 fully saturated rings. The molecule has 0 aliphatic carbocycles. The minimum absolute atomic E-state index is 0.178. The zero-order chi connectivity index (χ0) is 18.2. The number of nitrogens with one attached hydrogen (secondary N) is 2. The van der Waals surface area contributed by atoms with E-state index in [1.807, 2.05) is 0 Å². The lowest BCUT2D eigenvalue weighted by molar-refractivity contribution is -0.150. The van der Waals surface area contributed by atoms with E-state index in [1.54, 1.807) is 38.1 Å². The third-order valence-electron chi connectivity index (χ3n) is 3.17. The fourth-order valence-electron chi connectivity index (χ4n) is 1.94. The highest BCUT2D eigenvalue weighted by Gasteiger charge is 2.38. The van der Waals surface area contributed by atoms with Crippen LogP contribution >= 0.6 is 15.9 Å². The Hall–Kier alpha value is -2.09. The van der Waals surface area contributed by atoms with E-state index in [4.69, 9.17) is 9.47 Å². The molecule has 0 saturated heterocycles. The van der Waals surface area contributed by atoms with Crippen LogP contribution in [-0.2, 0) is 24.6 Å². The largest absolute Gasteiger partial charge is 0.465 e. The van der Waals surface area contributed by atoms with E-state index in [1.165, 1.54) is 6.92 Å². The summed E-state index contributed by atoms with van der Waals surface area (Å²) in [5.41, 5.74) is -0.842. The highest BCUT2D eigenvalue weighted by molar-refractivity contribution is 9.10. The van der Waals surface area contributed by atoms with Crippen molar-refractivity contribution in [2.45, 2.75) is 26.3 Å². The van der Waals surface area contributed by atoms with Crippen molar-refractivity contribution in [3.8, 4) is 0 Å². The lowest BCUT2D eigenvalue weighted by atomic mass is 9.92. The average molecular weight is 401 g/mol. The van der Waals surface area contributed by atoms with Gasteiger partial charge in [0.15, 0.2) is 5.54 Å². The Morgan fingerprint density at radius 1 is 1.08 bits per heavy atom. The highest BCUT2D eigenvalue weighted by atomic mass is 79.9. The number of urea groups is 1. The van der Waals surface area contributed by atoms with Gasteiger partial charge in [-0.25, -0.2) is 9.59 Å². The summed E-state index contributed by atoms with van der Waals surface area (Å²) in [7, 11) is 0. The predicted octanol–water partition coefficient (Wildman–Crippen LogP) is 2.09. The van der Waals surface area contributed by atoms with Crippen LogP contribution in [0, 0.1) is 0 Å². The lowest BCUT2D eigenvalue weighted by Crippen LogP contribution is -2.54.